The molecule has 0 N–H and O–H groups in total. The van der Waals surface area contributed by atoms with Crippen molar-refractivity contribution in [2.24, 2.45) is 0 Å². The van der Waals surface area contributed by atoms with Crippen molar-refractivity contribution in [2.75, 3.05) is 20.1 Å². The van der Waals surface area contributed by atoms with Crippen LogP contribution in [0.5, 0.6) is 0 Å². The molecule has 0 unspecified atom stereocenters. The van der Waals surface area contributed by atoms with Gasteiger partial charge in [-0.15, -0.1) is 0 Å². The molecule has 0 atom stereocenters. The minimum atomic E-state index is -2.51. The summed E-state index contributed by atoms with van der Waals surface area (Å²) in [6.45, 7) is 3.92. The third kappa shape index (κ3) is 3.77. The van der Waals surface area contributed by atoms with Gasteiger partial charge in [-0.1, -0.05) is 13.8 Å². The summed E-state index contributed by atoms with van der Waals surface area (Å²) >= 11 is 0. The van der Waals surface area contributed by atoms with E-state index in [2.05, 4.69) is 0 Å². The van der Waals surface area contributed by atoms with E-state index in [-0.39, 0.29) is 13.0 Å². The first-order valence-corrected chi connectivity index (χ1v) is 3.58. The molecule has 0 saturated heterocycles. The van der Waals surface area contributed by atoms with E-state index in [1.165, 1.54) is 6.92 Å². The molecule has 0 spiro atoms. The average molecular weight is 151 g/mol. The first-order valence-electron chi connectivity index (χ1n) is 3.58. The number of alkyl halides is 2. The van der Waals surface area contributed by atoms with Crippen LogP contribution in [-0.2, 0) is 0 Å². The third-order valence-corrected chi connectivity index (χ3v) is 1.56. The molecule has 0 radical (unpaired) electrons. The number of rotatable bonds is 4. The van der Waals surface area contributed by atoms with E-state index in [0.29, 0.717) is 6.54 Å². The summed E-state index contributed by atoms with van der Waals surface area (Å²) < 4.78 is 25.1. The van der Waals surface area contributed by atoms with Crippen molar-refractivity contribution in [3.63, 3.8) is 0 Å². The molecule has 0 aliphatic heterocycles. The largest absolute Gasteiger partial charge is 0.301 e. The highest BCUT2D eigenvalue weighted by molar-refractivity contribution is 4.67. The van der Waals surface area contributed by atoms with Gasteiger partial charge >= 0.3 is 0 Å². The second-order valence-electron chi connectivity index (χ2n) is 2.54. The highest BCUT2D eigenvalue weighted by Crippen LogP contribution is 2.17. The second kappa shape index (κ2) is 3.86. The lowest BCUT2D eigenvalue weighted by Gasteiger charge is -2.20. The Morgan fingerprint density at radius 3 is 2.10 bits per heavy atom. The highest BCUT2D eigenvalue weighted by Gasteiger charge is 2.26. The molecule has 0 heterocycles. The maximum absolute atomic E-state index is 12.5. The molecule has 0 aromatic rings. The summed E-state index contributed by atoms with van der Waals surface area (Å²) in [5, 5.41) is 0. The Morgan fingerprint density at radius 2 is 1.80 bits per heavy atom. The van der Waals surface area contributed by atoms with Gasteiger partial charge < -0.3 is 4.90 Å². The van der Waals surface area contributed by atoms with Crippen molar-refractivity contribution in [2.45, 2.75) is 26.2 Å². The van der Waals surface area contributed by atoms with Crippen LogP contribution in [0.25, 0.3) is 0 Å². The second-order valence-corrected chi connectivity index (χ2v) is 2.54. The van der Waals surface area contributed by atoms with E-state index < -0.39 is 5.92 Å². The van der Waals surface area contributed by atoms with Crippen LogP contribution in [0, 0.1) is 0 Å². The van der Waals surface area contributed by atoms with Crippen LogP contribution < -0.4 is 0 Å². The molecular weight excluding hydrogens is 136 g/mol. The van der Waals surface area contributed by atoms with Crippen molar-refractivity contribution in [3.05, 3.63) is 0 Å². The van der Waals surface area contributed by atoms with E-state index in [1.807, 2.05) is 6.92 Å². The molecule has 0 aliphatic carbocycles. The van der Waals surface area contributed by atoms with Crippen LogP contribution in [-0.4, -0.2) is 31.0 Å². The molecule has 0 saturated carbocycles. The van der Waals surface area contributed by atoms with Crippen molar-refractivity contribution in [1.82, 2.24) is 4.90 Å². The van der Waals surface area contributed by atoms with Gasteiger partial charge in [-0.2, -0.15) is 0 Å². The smallest absolute Gasteiger partial charge is 0.260 e. The van der Waals surface area contributed by atoms with Gasteiger partial charge in [-0.25, -0.2) is 8.78 Å². The van der Waals surface area contributed by atoms with E-state index in [0.717, 1.165) is 0 Å². The molecule has 1 nitrogen and oxygen atoms in total. The predicted octanol–water partition coefficient (Wildman–Crippen LogP) is 1.98. The van der Waals surface area contributed by atoms with Crippen LogP contribution in [0.1, 0.15) is 20.3 Å². The molecular formula is C7H15F2N. The Hall–Kier alpha value is -0.180. The van der Waals surface area contributed by atoms with Gasteiger partial charge in [-0.05, 0) is 13.6 Å². The molecule has 0 bridgehead atoms. The Kier molecular flexibility index (Phi) is 3.79. The normalized spacial score (nSPS) is 12.6. The molecule has 10 heavy (non-hydrogen) atoms. The fraction of sp³-hybridized carbons (Fsp3) is 1.00. The summed E-state index contributed by atoms with van der Waals surface area (Å²) in [5.74, 6) is -2.51. The first-order chi connectivity index (χ1) is 4.52. The Labute approximate surface area is 61.0 Å². The minimum Gasteiger partial charge on any atom is -0.301 e. The fourth-order valence-corrected chi connectivity index (χ4v) is 0.619. The average Bonchev–Trinajstić information content (AvgIpc) is 1.87. The van der Waals surface area contributed by atoms with Crippen molar-refractivity contribution < 1.29 is 8.78 Å². The van der Waals surface area contributed by atoms with Crippen LogP contribution in [0.3, 0.4) is 0 Å². The van der Waals surface area contributed by atoms with Crippen molar-refractivity contribution in [1.29, 1.82) is 0 Å². The van der Waals surface area contributed by atoms with Gasteiger partial charge in [0.2, 0.25) is 0 Å². The molecule has 0 amide bonds. The van der Waals surface area contributed by atoms with Crippen LogP contribution in [0.4, 0.5) is 8.78 Å². The zero-order valence-electron chi connectivity index (χ0n) is 6.82. The molecule has 0 aromatic carbocycles. The fourth-order valence-electron chi connectivity index (χ4n) is 0.619. The lowest BCUT2D eigenvalue weighted by atomic mass is 10.2. The number of hydrogen-bond donors (Lipinski definition) is 0. The van der Waals surface area contributed by atoms with Gasteiger partial charge in [0.1, 0.15) is 0 Å². The molecule has 0 rings (SSSR count). The molecule has 0 fully saturated rings. The number of nitrogens with zero attached hydrogens (tertiary/aromatic N) is 1. The summed E-state index contributed by atoms with van der Waals surface area (Å²) in [7, 11) is 1.70. The van der Waals surface area contributed by atoms with Gasteiger partial charge in [-0.3, -0.25) is 0 Å². The standard InChI is InChI=1S/C7H15F2N/c1-4-7(8,9)6-10(3)5-2/h4-6H2,1-3H3. The summed E-state index contributed by atoms with van der Waals surface area (Å²) in [6.07, 6.45) is -0.0721. The maximum Gasteiger partial charge on any atom is 0.260 e. The predicted molar refractivity (Wildman–Crippen MR) is 38.4 cm³/mol. The molecule has 3 heteroatoms. The van der Waals surface area contributed by atoms with Crippen LogP contribution in [0.2, 0.25) is 0 Å². The zero-order valence-corrected chi connectivity index (χ0v) is 6.82. The topological polar surface area (TPSA) is 3.24 Å². The molecule has 0 aliphatic rings. The van der Waals surface area contributed by atoms with Gasteiger partial charge in [0.25, 0.3) is 5.92 Å². The number of halogens is 2. The Morgan fingerprint density at radius 1 is 1.30 bits per heavy atom. The maximum atomic E-state index is 12.5. The summed E-state index contributed by atoms with van der Waals surface area (Å²) in [4.78, 5) is 1.61. The van der Waals surface area contributed by atoms with Crippen LogP contribution >= 0.6 is 0 Å². The molecule has 0 aromatic heterocycles. The van der Waals surface area contributed by atoms with Gasteiger partial charge in [0, 0.05) is 6.42 Å². The van der Waals surface area contributed by atoms with Gasteiger partial charge in [0.15, 0.2) is 0 Å². The summed E-state index contributed by atoms with van der Waals surface area (Å²) in [6, 6.07) is 0. The highest BCUT2D eigenvalue weighted by atomic mass is 19.3. The molecule has 62 valence electrons. The third-order valence-electron chi connectivity index (χ3n) is 1.56. The van der Waals surface area contributed by atoms with E-state index in [9.17, 15) is 8.78 Å². The Balaban J connectivity index is 3.64. The first kappa shape index (κ1) is 9.82. The van der Waals surface area contributed by atoms with Crippen molar-refractivity contribution in [3.8, 4) is 0 Å². The lowest BCUT2D eigenvalue weighted by Crippen LogP contribution is -2.33. The monoisotopic (exact) mass is 151 g/mol. The summed E-state index contributed by atoms with van der Waals surface area (Å²) in [5.41, 5.74) is 0. The van der Waals surface area contributed by atoms with E-state index in [4.69, 9.17) is 0 Å². The van der Waals surface area contributed by atoms with E-state index in [1.54, 1.807) is 11.9 Å². The number of hydrogen-bond acceptors (Lipinski definition) is 1. The van der Waals surface area contributed by atoms with Crippen LogP contribution in [0.15, 0.2) is 0 Å². The quantitative estimate of drug-likeness (QED) is 0.594. The zero-order chi connectivity index (χ0) is 8.20. The lowest BCUT2D eigenvalue weighted by molar-refractivity contribution is -0.0285. The Bertz CT molecular complexity index is 93.6. The minimum absolute atomic E-state index is 0.0721. The van der Waals surface area contributed by atoms with Crippen molar-refractivity contribution >= 4 is 0 Å². The van der Waals surface area contributed by atoms with E-state index >= 15 is 0 Å². The SMILES string of the molecule is CCN(C)CC(F)(F)CC. The van der Waals surface area contributed by atoms with Gasteiger partial charge in [0.05, 0.1) is 6.54 Å².